The normalized spacial score (nSPS) is 18.9. The predicted octanol–water partition coefficient (Wildman–Crippen LogP) is -1.00. The standard InChI is InChI=1S/C14H17N3O5S/c18-12(8-15-13(19)10-4-2-1-3-5-10)16-17-14(20)11-6-7-23(21,22)9-11/h1-5,11H,6-9H2,(H,15,19)(H,16,18)(H,17,20)/t11-/m0/s1. The van der Waals surface area contributed by atoms with E-state index in [2.05, 4.69) is 16.2 Å². The zero-order chi connectivity index (χ0) is 16.9. The van der Waals surface area contributed by atoms with Gasteiger partial charge in [-0.3, -0.25) is 25.2 Å². The molecule has 1 heterocycles. The third-order valence-electron chi connectivity index (χ3n) is 3.37. The Morgan fingerprint density at radius 1 is 1.09 bits per heavy atom. The molecule has 0 bridgehead atoms. The molecular weight excluding hydrogens is 322 g/mol. The van der Waals surface area contributed by atoms with Gasteiger partial charge in [-0.2, -0.15) is 0 Å². The fourth-order valence-electron chi connectivity index (χ4n) is 2.13. The van der Waals surface area contributed by atoms with Crippen LogP contribution in [0, 0.1) is 5.92 Å². The van der Waals surface area contributed by atoms with Crippen LogP contribution in [-0.4, -0.2) is 44.2 Å². The molecule has 1 aromatic rings. The van der Waals surface area contributed by atoms with Crippen molar-refractivity contribution in [3.05, 3.63) is 35.9 Å². The molecule has 0 radical (unpaired) electrons. The first-order valence-electron chi connectivity index (χ1n) is 7.00. The van der Waals surface area contributed by atoms with Gasteiger partial charge in [-0.15, -0.1) is 0 Å². The number of benzene rings is 1. The molecular formula is C14H17N3O5S. The van der Waals surface area contributed by atoms with Crippen molar-refractivity contribution in [2.75, 3.05) is 18.1 Å². The van der Waals surface area contributed by atoms with Crippen molar-refractivity contribution in [2.45, 2.75) is 6.42 Å². The van der Waals surface area contributed by atoms with Crippen LogP contribution in [0.3, 0.4) is 0 Å². The Bertz CT molecular complexity index is 702. The van der Waals surface area contributed by atoms with E-state index in [9.17, 15) is 22.8 Å². The van der Waals surface area contributed by atoms with Crippen molar-refractivity contribution in [3.63, 3.8) is 0 Å². The van der Waals surface area contributed by atoms with E-state index in [-0.39, 0.29) is 24.5 Å². The van der Waals surface area contributed by atoms with Gasteiger partial charge in [0.05, 0.1) is 24.0 Å². The fraction of sp³-hybridized carbons (Fsp3) is 0.357. The van der Waals surface area contributed by atoms with Gasteiger partial charge in [0.15, 0.2) is 9.84 Å². The minimum Gasteiger partial charge on any atom is -0.343 e. The summed E-state index contributed by atoms with van der Waals surface area (Å²) in [5, 5.41) is 2.41. The average molecular weight is 339 g/mol. The van der Waals surface area contributed by atoms with E-state index in [4.69, 9.17) is 0 Å². The molecule has 1 aromatic carbocycles. The summed E-state index contributed by atoms with van der Waals surface area (Å²) in [6, 6.07) is 8.38. The molecule has 3 amide bonds. The van der Waals surface area contributed by atoms with Gasteiger partial charge in [0.25, 0.3) is 11.8 Å². The van der Waals surface area contributed by atoms with E-state index in [1.165, 1.54) is 0 Å². The first-order valence-corrected chi connectivity index (χ1v) is 8.82. The molecule has 1 fully saturated rings. The number of hydrazine groups is 1. The van der Waals surface area contributed by atoms with Crippen molar-refractivity contribution in [2.24, 2.45) is 5.92 Å². The quantitative estimate of drug-likeness (QED) is 0.608. The van der Waals surface area contributed by atoms with Crippen LogP contribution in [0.15, 0.2) is 30.3 Å². The summed E-state index contributed by atoms with van der Waals surface area (Å²) < 4.78 is 22.6. The highest BCUT2D eigenvalue weighted by molar-refractivity contribution is 7.91. The van der Waals surface area contributed by atoms with Gasteiger partial charge in [-0.1, -0.05) is 18.2 Å². The summed E-state index contributed by atoms with van der Waals surface area (Å²) in [6.45, 7) is -0.309. The molecule has 2 rings (SSSR count). The molecule has 124 valence electrons. The Hall–Kier alpha value is -2.42. The summed E-state index contributed by atoms with van der Waals surface area (Å²) in [4.78, 5) is 35.0. The maximum atomic E-state index is 11.7. The highest BCUT2D eigenvalue weighted by Crippen LogP contribution is 2.17. The minimum absolute atomic E-state index is 0.0217. The van der Waals surface area contributed by atoms with E-state index in [0.29, 0.717) is 5.56 Å². The third-order valence-corrected chi connectivity index (χ3v) is 5.14. The molecule has 0 spiro atoms. The predicted molar refractivity (Wildman–Crippen MR) is 81.8 cm³/mol. The topological polar surface area (TPSA) is 121 Å². The highest BCUT2D eigenvalue weighted by atomic mass is 32.2. The number of carbonyl (C=O) groups is 3. The lowest BCUT2D eigenvalue weighted by atomic mass is 10.1. The van der Waals surface area contributed by atoms with Crippen LogP contribution in [0.4, 0.5) is 0 Å². The van der Waals surface area contributed by atoms with Crippen LogP contribution >= 0.6 is 0 Å². The number of sulfone groups is 1. The van der Waals surface area contributed by atoms with Gasteiger partial charge < -0.3 is 5.32 Å². The highest BCUT2D eigenvalue weighted by Gasteiger charge is 2.33. The first kappa shape index (κ1) is 16.9. The number of carbonyl (C=O) groups excluding carboxylic acids is 3. The van der Waals surface area contributed by atoms with Gasteiger partial charge in [0.1, 0.15) is 0 Å². The van der Waals surface area contributed by atoms with Crippen molar-refractivity contribution in [3.8, 4) is 0 Å². The molecule has 1 atom stereocenters. The second-order valence-corrected chi connectivity index (χ2v) is 7.41. The Kier molecular flexibility index (Phi) is 5.32. The zero-order valence-corrected chi connectivity index (χ0v) is 13.1. The van der Waals surface area contributed by atoms with Crippen LogP contribution < -0.4 is 16.2 Å². The maximum absolute atomic E-state index is 11.7. The molecule has 23 heavy (non-hydrogen) atoms. The number of hydrogen-bond donors (Lipinski definition) is 3. The smallest absolute Gasteiger partial charge is 0.257 e. The van der Waals surface area contributed by atoms with E-state index in [1.54, 1.807) is 30.3 Å². The van der Waals surface area contributed by atoms with Gasteiger partial charge >= 0.3 is 0 Å². The third kappa shape index (κ3) is 5.06. The molecule has 1 aliphatic rings. The molecule has 1 saturated heterocycles. The number of nitrogens with one attached hydrogen (secondary N) is 3. The number of rotatable bonds is 4. The lowest BCUT2D eigenvalue weighted by Gasteiger charge is -2.11. The van der Waals surface area contributed by atoms with Crippen molar-refractivity contribution in [1.82, 2.24) is 16.2 Å². The Balaban J connectivity index is 1.71. The second-order valence-electron chi connectivity index (χ2n) is 5.19. The van der Waals surface area contributed by atoms with Gasteiger partial charge in [0.2, 0.25) is 5.91 Å². The summed E-state index contributed by atoms with van der Waals surface area (Å²) in [7, 11) is -3.16. The van der Waals surface area contributed by atoms with Crippen LogP contribution in [-0.2, 0) is 19.4 Å². The molecule has 9 heteroatoms. The van der Waals surface area contributed by atoms with E-state index < -0.39 is 33.5 Å². The van der Waals surface area contributed by atoms with E-state index >= 15 is 0 Å². The van der Waals surface area contributed by atoms with Gasteiger partial charge in [-0.25, -0.2) is 8.42 Å². The summed E-state index contributed by atoms with van der Waals surface area (Å²) >= 11 is 0. The molecule has 0 aromatic heterocycles. The van der Waals surface area contributed by atoms with Crippen molar-refractivity contribution >= 4 is 27.6 Å². The van der Waals surface area contributed by atoms with Gasteiger partial charge in [-0.05, 0) is 18.6 Å². The summed E-state index contributed by atoms with van der Waals surface area (Å²) in [5.74, 6) is -2.45. The SMILES string of the molecule is O=C(CNC(=O)c1ccccc1)NNC(=O)[C@H]1CCS(=O)(=O)C1. The monoisotopic (exact) mass is 339 g/mol. The maximum Gasteiger partial charge on any atom is 0.257 e. The lowest BCUT2D eigenvalue weighted by Crippen LogP contribution is -2.48. The Morgan fingerprint density at radius 3 is 2.39 bits per heavy atom. The molecule has 3 N–H and O–H groups in total. The summed E-state index contributed by atoms with van der Waals surface area (Å²) in [5.41, 5.74) is 4.73. The Morgan fingerprint density at radius 2 is 1.78 bits per heavy atom. The van der Waals surface area contributed by atoms with Crippen molar-refractivity contribution < 1.29 is 22.8 Å². The Labute approximate surface area is 133 Å². The van der Waals surface area contributed by atoms with Crippen LogP contribution in [0.2, 0.25) is 0 Å². The van der Waals surface area contributed by atoms with Crippen molar-refractivity contribution in [1.29, 1.82) is 0 Å². The van der Waals surface area contributed by atoms with E-state index in [0.717, 1.165) is 0 Å². The second kappa shape index (κ2) is 7.23. The molecule has 0 saturated carbocycles. The molecule has 0 aliphatic carbocycles. The molecule has 1 aliphatic heterocycles. The average Bonchev–Trinajstić information content (AvgIpc) is 2.91. The fourth-order valence-corrected chi connectivity index (χ4v) is 3.87. The number of hydrogen-bond acceptors (Lipinski definition) is 5. The van der Waals surface area contributed by atoms with Crippen LogP contribution in [0.5, 0.6) is 0 Å². The van der Waals surface area contributed by atoms with Crippen LogP contribution in [0.25, 0.3) is 0 Å². The lowest BCUT2D eigenvalue weighted by molar-refractivity contribution is -0.130. The first-order chi connectivity index (χ1) is 10.9. The van der Waals surface area contributed by atoms with Gasteiger partial charge in [0, 0.05) is 5.56 Å². The minimum atomic E-state index is -3.16. The largest absolute Gasteiger partial charge is 0.343 e. The van der Waals surface area contributed by atoms with E-state index in [1.807, 2.05) is 0 Å². The molecule has 8 nitrogen and oxygen atoms in total. The molecule has 0 unspecified atom stereocenters. The summed E-state index contributed by atoms with van der Waals surface area (Å²) in [6.07, 6.45) is 0.245. The number of amides is 3. The zero-order valence-electron chi connectivity index (χ0n) is 12.2. The van der Waals surface area contributed by atoms with Crippen LogP contribution in [0.1, 0.15) is 16.8 Å².